The molecule has 0 saturated carbocycles. The minimum absolute atomic E-state index is 0.0820. The summed E-state index contributed by atoms with van der Waals surface area (Å²) in [6.07, 6.45) is 0.872. The van der Waals surface area contributed by atoms with E-state index in [-0.39, 0.29) is 12.6 Å². The van der Waals surface area contributed by atoms with E-state index in [0.717, 1.165) is 23.3 Å². The first-order valence-electron chi connectivity index (χ1n) is 7.93. The largest absolute Gasteiger partial charge is 0.489 e. The molecule has 2 N–H and O–H groups in total. The van der Waals surface area contributed by atoms with Crippen molar-refractivity contribution in [2.75, 3.05) is 6.61 Å². The lowest BCUT2D eigenvalue weighted by Crippen LogP contribution is -2.31. The van der Waals surface area contributed by atoms with Crippen LogP contribution in [0.5, 0.6) is 5.75 Å². The normalized spacial score (nSPS) is 12.2. The highest BCUT2D eigenvalue weighted by Gasteiger charge is 2.09. The highest BCUT2D eigenvalue weighted by atomic mass is 35.5. The Labute approximate surface area is 143 Å². The smallest absolute Gasteiger partial charge is 0.124 e. The van der Waals surface area contributed by atoms with Crippen LogP contribution in [0.4, 0.5) is 0 Å². The van der Waals surface area contributed by atoms with Crippen molar-refractivity contribution in [2.45, 2.75) is 39.5 Å². The summed E-state index contributed by atoms with van der Waals surface area (Å²) in [6.45, 7) is 5.37. The second kappa shape index (κ2) is 8.92. The van der Waals surface area contributed by atoms with Gasteiger partial charge in [0.1, 0.15) is 12.4 Å². The first-order valence-corrected chi connectivity index (χ1v) is 8.31. The van der Waals surface area contributed by atoms with Crippen LogP contribution in [-0.2, 0) is 13.2 Å². The zero-order valence-electron chi connectivity index (χ0n) is 13.7. The monoisotopic (exact) mass is 333 g/mol. The lowest BCUT2D eigenvalue weighted by atomic mass is 10.1. The fourth-order valence-electron chi connectivity index (χ4n) is 2.38. The summed E-state index contributed by atoms with van der Waals surface area (Å²) in [6, 6.07) is 14.0. The van der Waals surface area contributed by atoms with Gasteiger partial charge < -0.3 is 15.2 Å². The first-order chi connectivity index (χ1) is 11.1. The lowest BCUT2D eigenvalue weighted by Gasteiger charge is -2.17. The van der Waals surface area contributed by atoms with Crippen molar-refractivity contribution in [2.24, 2.45) is 0 Å². The standard InChI is InChI=1S/C19H24ClNO2/c1-3-18(12-22)21-11-16-10-17(20)7-8-19(16)23-13-15-6-4-5-14(2)9-15/h4-10,18,21-22H,3,11-13H2,1-2H3. The van der Waals surface area contributed by atoms with Crippen LogP contribution >= 0.6 is 11.6 Å². The molecule has 4 heteroatoms. The quantitative estimate of drug-likeness (QED) is 0.764. The van der Waals surface area contributed by atoms with Crippen LogP contribution in [0.15, 0.2) is 42.5 Å². The van der Waals surface area contributed by atoms with Gasteiger partial charge in [0.05, 0.1) is 6.61 Å². The van der Waals surface area contributed by atoms with E-state index in [2.05, 4.69) is 30.4 Å². The fraction of sp³-hybridized carbons (Fsp3) is 0.368. The number of aryl methyl sites for hydroxylation is 1. The molecule has 1 unspecified atom stereocenters. The number of nitrogens with one attached hydrogen (secondary N) is 1. The second-order valence-electron chi connectivity index (χ2n) is 5.70. The van der Waals surface area contributed by atoms with Crippen LogP contribution in [0.25, 0.3) is 0 Å². The molecule has 0 aliphatic carbocycles. The van der Waals surface area contributed by atoms with Crippen molar-refractivity contribution < 1.29 is 9.84 Å². The van der Waals surface area contributed by atoms with E-state index >= 15 is 0 Å². The summed E-state index contributed by atoms with van der Waals surface area (Å²) >= 11 is 6.11. The highest BCUT2D eigenvalue weighted by Crippen LogP contribution is 2.24. The van der Waals surface area contributed by atoms with Gasteiger partial charge in [0.2, 0.25) is 0 Å². The Morgan fingerprint density at radius 1 is 1.22 bits per heavy atom. The molecular weight excluding hydrogens is 310 g/mol. The molecule has 0 spiro atoms. The van der Waals surface area contributed by atoms with Gasteiger partial charge >= 0.3 is 0 Å². The Hall–Kier alpha value is -1.55. The number of aliphatic hydroxyl groups is 1. The summed E-state index contributed by atoms with van der Waals surface area (Å²) in [5, 5.41) is 13.3. The van der Waals surface area contributed by atoms with Crippen LogP contribution in [0.3, 0.4) is 0 Å². The Bertz CT molecular complexity index is 627. The fourth-order valence-corrected chi connectivity index (χ4v) is 2.58. The molecule has 0 heterocycles. The van der Waals surface area contributed by atoms with Gasteiger partial charge in [-0.2, -0.15) is 0 Å². The van der Waals surface area contributed by atoms with Crippen molar-refractivity contribution in [1.82, 2.24) is 5.32 Å². The zero-order valence-corrected chi connectivity index (χ0v) is 14.4. The van der Waals surface area contributed by atoms with Crippen LogP contribution in [0.2, 0.25) is 5.02 Å². The predicted octanol–water partition coefficient (Wildman–Crippen LogP) is 4.09. The average Bonchev–Trinajstić information content (AvgIpc) is 2.55. The van der Waals surface area contributed by atoms with E-state index in [1.165, 1.54) is 5.56 Å². The summed E-state index contributed by atoms with van der Waals surface area (Å²) in [5.41, 5.74) is 3.36. The molecule has 0 aromatic heterocycles. The summed E-state index contributed by atoms with van der Waals surface area (Å²) in [7, 11) is 0. The number of aliphatic hydroxyl groups excluding tert-OH is 1. The molecule has 1 atom stereocenters. The van der Waals surface area contributed by atoms with Gasteiger partial charge in [0.15, 0.2) is 0 Å². The van der Waals surface area contributed by atoms with Gasteiger partial charge in [0, 0.05) is 23.2 Å². The third kappa shape index (κ3) is 5.54. The average molecular weight is 334 g/mol. The van der Waals surface area contributed by atoms with E-state index in [0.29, 0.717) is 18.2 Å². The molecule has 3 nitrogen and oxygen atoms in total. The Morgan fingerprint density at radius 2 is 2.04 bits per heavy atom. The lowest BCUT2D eigenvalue weighted by molar-refractivity contribution is 0.237. The number of rotatable bonds is 8. The molecule has 0 aliphatic heterocycles. The molecule has 2 aromatic rings. The third-order valence-corrected chi connectivity index (χ3v) is 4.03. The van der Waals surface area contributed by atoms with E-state index in [1.54, 1.807) is 0 Å². The molecule has 2 rings (SSSR count). The first kappa shape index (κ1) is 17.8. The third-order valence-electron chi connectivity index (χ3n) is 3.79. The molecule has 0 amide bonds. The molecule has 2 aromatic carbocycles. The number of halogens is 1. The van der Waals surface area contributed by atoms with E-state index in [4.69, 9.17) is 16.3 Å². The van der Waals surface area contributed by atoms with Crippen molar-refractivity contribution in [1.29, 1.82) is 0 Å². The maximum absolute atomic E-state index is 9.29. The zero-order chi connectivity index (χ0) is 16.7. The van der Waals surface area contributed by atoms with Gasteiger partial charge in [-0.15, -0.1) is 0 Å². The maximum atomic E-state index is 9.29. The molecule has 0 radical (unpaired) electrons. The molecule has 23 heavy (non-hydrogen) atoms. The number of benzene rings is 2. The highest BCUT2D eigenvalue weighted by molar-refractivity contribution is 6.30. The molecule has 124 valence electrons. The van der Waals surface area contributed by atoms with Crippen molar-refractivity contribution in [3.05, 3.63) is 64.2 Å². The van der Waals surface area contributed by atoms with E-state index in [1.807, 2.05) is 31.2 Å². The SMILES string of the molecule is CCC(CO)NCc1cc(Cl)ccc1OCc1cccc(C)c1. The minimum atomic E-state index is 0.0820. The summed E-state index contributed by atoms with van der Waals surface area (Å²) in [5.74, 6) is 0.816. The molecule has 0 aliphatic rings. The van der Waals surface area contributed by atoms with Crippen LogP contribution in [0, 0.1) is 6.92 Å². The van der Waals surface area contributed by atoms with Gasteiger partial charge in [-0.3, -0.25) is 0 Å². The van der Waals surface area contributed by atoms with Crippen molar-refractivity contribution in [3.8, 4) is 5.75 Å². The summed E-state index contributed by atoms with van der Waals surface area (Å²) < 4.78 is 5.97. The molecular formula is C19H24ClNO2. The molecule has 0 bridgehead atoms. The molecule has 0 fully saturated rings. The van der Waals surface area contributed by atoms with Gasteiger partial charge in [-0.25, -0.2) is 0 Å². The van der Waals surface area contributed by atoms with Gasteiger partial charge in [-0.1, -0.05) is 48.4 Å². The Morgan fingerprint density at radius 3 is 2.74 bits per heavy atom. The predicted molar refractivity (Wildman–Crippen MR) is 95.0 cm³/mol. The van der Waals surface area contributed by atoms with Crippen LogP contribution in [0.1, 0.15) is 30.0 Å². The van der Waals surface area contributed by atoms with Crippen LogP contribution < -0.4 is 10.1 Å². The minimum Gasteiger partial charge on any atom is -0.489 e. The molecule has 0 saturated heterocycles. The number of ether oxygens (including phenoxy) is 1. The van der Waals surface area contributed by atoms with Crippen LogP contribution in [-0.4, -0.2) is 17.8 Å². The van der Waals surface area contributed by atoms with E-state index < -0.39 is 0 Å². The number of hydrogen-bond donors (Lipinski definition) is 2. The van der Waals surface area contributed by atoms with Gasteiger partial charge in [-0.05, 0) is 37.1 Å². The van der Waals surface area contributed by atoms with Gasteiger partial charge in [0.25, 0.3) is 0 Å². The summed E-state index contributed by atoms with van der Waals surface area (Å²) in [4.78, 5) is 0. The van der Waals surface area contributed by atoms with Crippen molar-refractivity contribution >= 4 is 11.6 Å². The Balaban J connectivity index is 2.05. The maximum Gasteiger partial charge on any atom is 0.124 e. The second-order valence-corrected chi connectivity index (χ2v) is 6.13. The number of hydrogen-bond acceptors (Lipinski definition) is 3. The van der Waals surface area contributed by atoms with Crippen molar-refractivity contribution in [3.63, 3.8) is 0 Å². The Kier molecular flexibility index (Phi) is 6.90. The van der Waals surface area contributed by atoms with E-state index in [9.17, 15) is 5.11 Å². The topological polar surface area (TPSA) is 41.5 Å².